The highest BCUT2D eigenvalue weighted by molar-refractivity contribution is 6.05. The predicted octanol–water partition coefficient (Wildman–Crippen LogP) is 3.85. The molecule has 0 fully saturated rings. The molecule has 0 aliphatic carbocycles. The lowest BCUT2D eigenvalue weighted by atomic mass is 10.1. The smallest absolute Gasteiger partial charge is 0.337 e. The second-order valence-corrected chi connectivity index (χ2v) is 5.46. The number of nitrogens with zero attached hydrogens (tertiary/aromatic N) is 2. The van der Waals surface area contributed by atoms with Gasteiger partial charge in [-0.05, 0) is 17.7 Å². The number of aromatic amines is 1. The van der Waals surface area contributed by atoms with Crippen molar-refractivity contribution in [1.29, 1.82) is 0 Å². The molecule has 1 amide bonds. The van der Waals surface area contributed by atoms with Crippen molar-refractivity contribution in [2.45, 2.75) is 12.7 Å². The van der Waals surface area contributed by atoms with E-state index in [2.05, 4.69) is 10.2 Å². The molecule has 0 saturated carbocycles. The van der Waals surface area contributed by atoms with Gasteiger partial charge in [0.05, 0.1) is 22.8 Å². The van der Waals surface area contributed by atoms with Crippen LogP contribution in [0.1, 0.15) is 21.5 Å². The number of hydrogen-bond donors (Lipinski definition) is 1. The largest absolute Gasteiger partial charge is 0.416 e. The molecule has 1 heterocycles. The van der Waals surface area contributed by atoms with Crippen molar-refractivity contribution in [2.24, 2.45) is 0 Å². The van der Waals surface area contributed by atoms with Gasteiger partial charge in [0.15, 0.2) is 0 Å². The molecule has 0 bridgehead atoms. The van der Waals surface area contributed by atoms with E-state index in [0.717, 1.165) is 11.5 Å². The zero-order chi connectivity index (χ0) is 17.3. The third-order valence-electron chi connectivity index (χ3n) is 3.78. The van der Waals surface area contributed by atoms with Crippen LogP contribution >= 0.6 is 0 Å². The number of fused-ring (bicyclic) bond motifs is 1. The summed E-state index contributed by atoms with van der Waals surface area (Å²) in [5.74, 6) is -0.373. The normalized spacial score (nSPS) is 11.7. The zero-order valence-corrected chi connectivity index (χ0v) is 12.8. The summed E-state index contributed by atoms with van der Waals surface area (Å²) in [5.41, 5.74) is 0.262. The first-order chi connectivity index (χ1) is 11.4. The fraction of sp³-hybridized carbons (Fsp3) is 0.176. The first-order valence-electron chi connectivity index (χ1n) is 7.20. The van der Waals surface area contributed by atoms with Crippen LogP contribution in [0.5, 0.6) is 0 Å². The molecule has 1 aromatic heterocycles. The minimum atomic E-state index is -4.45. The van der Waals surface area contributed by atoms with Crippen molar-refractivity contribution >= 4 is 16.8 Å². The van der Waals surface area contributed by atoms with Crippen molar-refractivity contribution in [2.75, 3.05) is 7.05 Å². The number of carbonyl (C=O) groups excluding carboxylic acids is 1. The Morgan fingerprint density at radius 3 is 2.67 bits per heavy atom. The van der Waals surface area contributed by atoms with Gasteiger partial charge in [0.1, 0.15) is 0 Å². The van der Waals surface area contributed by atoms with E-state index in [0.29, 0.717) is 11.1 Å². The van der Waals surface area contributed by atoms with Crippen LogP contribution in [0.4, 0.5) is 13.2 Å². The average molecular weight is 333 g/mol. The highest BCUT2D eigenvalue weighted by atomic mass is 19.4. The number of halogens is 3. The molecule has 0 radical (unpaired) electrons. The lowest BCUT2D eigenvalue weighted by Gasteiger charge is -2.20. The molecule has 0 aliphatic heterocycles. The van der Waals surface area contributed by atoms with Gasteiger partial charge in [-0.3, -0.25) is 9.89 Å². The lowest BCUT2D eigenvalue weighted by Crippen LogP contribution is -2.27. The number of H-pyrrole nitrogens is 1. The molecule has 3 rings (SSSR count). The third-order valence-corrected chi connectivity index (χ3v) is 3.78. The standard InChI is InChI=1S/C17H14F3N3O/c1-23(10-12-5-2-3-8-14(12)17(18,19)20)16(24)13-7-4-6-11-9-21-22-15(11)13/h2-9H,10H2,1H3,(H,21,22). The minimum absolute atomic E-state index is 0.0534. The second kappa shape index (κ2) is 5.99. The van der Waals surface area contributed by atoms with Crippen LogP contribution < -0.4 is 0 Å². The molecule has 7 heteroatoms. The van der Waals surface area contributed by atoms with Crippen LogP contribution in [-0.4, -0.2) is 28.1 Å². The number of benzene rings is 2. The first-order valence-corrected chi connectivity index (χ1v) is 7.20. The van der Waals surface area contributed by atoms with E-state index in [9.17, 15) is 18.0 Å². The number of nitrogens with one attached hydrogen (secondary N) is 1. The topological polar surface area (TPSA) is 49.0 Å². The zero-order valence-electron chi connectivity index (χ0n) is 12.8. The summed E-state index contributed by atoms with van der Waals surface area (Å²) in [4.78, 5) is 13.9. The molecule has 124 valence electrons. The highest BCUT2D eigenvalue weighted by Crippen LogP contribution is 2.32. The van der Waals surface area contributed by atoms with Crippen molar-refractivity contribution in [3.63, 3.8) is 0 Å². The maximum Gasteiger partial charge on any atom is 0.416 e. The number of carbonyl (C=O) groups is 1. The number of rotatable bonds is 3. The van der Waals surface area contributed by atoms with Gasteiger partial charge in [-0.25, -0.2) is 0 Å². The monoisotopic (exact) mass is 333 g/mol. The van der Waals surface area contributed by atoms with Crippen LogP contribution in [0.3, 0.4) is 0 Å². The van der Waals surface area contributed by atoms with Crippen LogP contribution in [0.2, 0.25) is 0 Å². The summed E-state index contributed by atoms with van der Waals surface area (Å²) < 4.78 is 39.2. The minimum Gasteiger partial charge on any atom is -0.337 e. The summed E-state index contributed by atoms with van der Waals surface area (Å²) in [6.07, 6.45) is -2.87. The van der Waals surface area contributed by atoms with E-state index < -0.39 is 11.7 Å². The van der Waals surface area contributed by atoms with Crippen molar-refractivity contribution in [3.8, 4) is 0 Å². The van der Waals surface area contributed by atoms with E-state index in [1.165, 1.54) is 30.1 Å². The van der Waals surface area contributed by atoms with Crippen molar-refractivity contribution < 1.29 is 18.0 Å². The molecule has 0 atom stereocenters. The Balaban J connectivity index is 1.90. The molecule has 0 spiro atoms. The number of para-hydroxylation sites is 1. The molecule has 0 saturated heterocycles. The SMILES string of the molecule is CN(Cc1ccccc1C(F)(F)F)C(=O)c1cccc2cn[nH]c12. The molecule has 0 unspecified atom stereocenters. The first kappa shape index (κ1) is 16.0. The molecule has 3 aromatic rings. The van der Waals surface area contributed by atoms with E-state index in [1.54, 1.807) is 24.4 Å². The number of aromatic nitrogens is 2. The Morgan fingerprint density at radius 2 is 1.92 bits per heavy atom. The van der Waals surface area contributed by atoms with Gasteiger partial charge in [0.25, 0.3) is 5.91 Å². The molecular weight excluding hydrogens is 319 g/mol. The van der Waals surface area contributed by atoms with E-state index in [1.807, 2.05) is 0 Å². The third kappa shape index (κ3) is 2.97. The van der Waals surface area contributed by atoms with Crippen LogP contribution in [-0.2, 0) is 12.7 Å². The summed E-state index contributed by atoms with van der Waals surface area (Å²) in [5, 5.41) is 7.40. The van der Waals surface area contributed by atoms with Gasteiger partial charge in [0, 0.05) is 19.0 Å². The van der Waals surface area contributed by atoms with Crippen molar-refractivity contribution in [1.82, 2.24) is 15.1 Å². The molecule has 0 aliphatic rings. The molecule has 1 N–H and O–H groups in total. The van der Waals surface area contributed by atoms with Crippen LogP contribution in [0.15, 0.2) is 48.7 Å². The molecule has 4 nitrogen and oxygen atoms in total. The van der Waals surface area contributed by atoms with Gasteiger partial charge in [-0.2, -0.15) is 18.3 Å². The Kier molecular flexibility index (Phi) is 4.01. The van der Waals surface area contributed by atoms with Gasteiger partial charge in [-0.15, -0.1) is 0 Å². The van der Waals surface area contributed by atoms with Gasteiger partial charge >= 0.3 is 6.18 Å². The summed E-state index contributed by atoms with van der Waals surface area (Å²) in [6, 6.07) is 10.4. The average Bonchev–Trinajstić information content (AvgIpc) is 3.02. The van der Waals surface area contributed by atoms with Crippen LogP contribution in [0, 0.1) is 0 Å². The van der Waals surface area contributed by atoms with E-state index in [4.69, 9.17) is 0 Å². The summed E-state index contributed by atoms with van der Waals surface area (Å²) in [6.45, 7) is -0.140. The fourth-order valence-corrected chi connectivity index (χ4v) is 2.61. The molecule has 2 aromatic carbocycles. The van der Waals surface area contributed by atoms with Crippen LogP contribution in [0.25, 0.3) is 10.9 Å². The Labute approximate surface area is 135 Å². The summed E-state index contributed by atoms with van der Waals surface area (Å²) in [7, 11) is 1.48. The highest BCUT2D eigenvalue weighted by Gasteiger charge is 2.33. The lowest BCUT2D eigenvalue weighted by molar-refractivity contribution is -0.138. The molecule has 24 heavy (non-hydrogen) atoms. The second-order valence-electron chi connectivity index (χ2n) is 5.46. The summed E-state index contributed by atoms with van der Waals surface area (Å²) >= 11 is 0. The number of amides is 1. The Bertz CT molecular complexity index is 886. The quantitative estimate of drug-likeness (QED) is 0.791. The predicted molar refractivity (Wildman–Crippen MR) is 83.3 cm³/mol. The maximum atomic E-state index is 13.1. The van der Waals surface area contributed by atoms with Gasteiger partial charge in [-0.1, -0.05) is 30.3 Å². The van der Waals surface area contributed by atoms with E-state index >= 15 is 0 Å². The maximum absolute atomic E-state index is 13.1. The Morgan fingerprint density at radius 1 is 1.17 bits per heavy atom. The van der Waals surface area contributed by atoms with Gasteiger partial charge < -0.3 is 4.90 Å². The number of hydrogen-bond acceptors (Lipinski definition) is 2. The fourth-order valence-electron chi connectivity index (χ4n) is 2.61. The number of alkyl halides is 3. The molecular formula is C17H14F3N3O. The van der Waals surface area contributed by atoms with Crippen molar-refractivity contribution in [3.05, 3.63) is 65.4 Å². The Hall–Kier alpha value is -2.83. The van der Waals surface area contributed by atoms with E-state index in [-0.39, 0.29) is 18.0 Å². The van der Waals surface area contributed by atoms with Gasteiger partial charge in [0.2, 0.25) is 0 Å².